The van der Waals surface area contributed by atoms with Gasteiger partial charge in [0.05, 0.1) is 5.60 Å². The van der Waals surface area contributed by atoms with E-state index >= 15 is 0 Å². The fourth-order valence-electron chi connectivity index (χ4n) is 3.17. The van der Waals surface area contributed by atoms with E-state index < -0.39 is 5.60 Å². The van der Waals surface area contributed by atoms with Crippen molar-refractivity contribution in [1.29, 1.82) is 0 Å². The Bertz CT molecular complexity index is 372. The summed E-state index contributed by atoms with van der Waals surface area (Å²) in [5, 5.41) is 10.7. The van der Waals surface area contributed by atoms with Crippen molar-refractivity contribution in [1.82, 2.24) is 0 Å². The van der Waals surface area contributed by atoms with Gasteiger partial charge in [0.15, 0.2) is 0 Å². The van der Waals surface area contributed by atoms with Crippen molar-refractivity contribution in [2.24, 2.45) is 5.92 Å². The Balaban J connectivity index is 2.06. The van der Waals surface area contributed by atoms with Crippen LogP contribution in [0.2, 0.25) is 0 Å². The summed E-state index contributed by atoms with van der Waals surface area (Å²) in [6.07, 6.45) is 6.46. The van der Waals surface area contributed by atoms with Crippen molar-refractivity contribution in [2.75, 3.05) is 0 Å². The summed E-state index contributed by atoms with van der Waals surface area (Å²) in [4.78, 5) is 0. The van der Waals surface area contributed by atoms with Gasteiger partial charge in [-0.2, -0.15) is 0 Å². The first kappa shape index (κ1) is 12.6. The number of rotatable bonds is 3. The van der Waals surface area contributed by atoms with Crippen molar-refractivity contribution in [2.45, 2.75) is 58.0 Å². The molecule has 94 valence electrons. The van der Waals surface area contributed by atoms with Gasteiger partial charge >= 0.3 is 0 Å². The van der Waals surface area contributed by atoms with Crippen LogP contribution in [-0.2, 0) is 6.42 Å². The molecule has 1 saturated carbocycles. The highest BCUT2D eigenvalue weighted by Crippen LogP contribution is 2.36. The second-order valence-corrected chi connectivity index (χ2v) is 5.76. The molecular weight excluding hydrogens is 208 g/mol. The predicted octanol–water partition coefficient (Wildman–Crippen LogP) is 3.87. The Labute approximate surface area is 105 Å². The lowest BCUT2D eigenvalue weighted by Gasteiger charge is -2.36. The zero-order chi connectivity index (χ0) is 12.3. The Morgan fingerprint density at radius 2 is 2.24 bits per heavy atom. The van der Waals surface area contributed by atoms with Gasteiger partial charge in [-0.1, -0.05) is 56.0 Å². The minimum Gasteiger partial charge on any atom is -0.390 e. The Hall–Kier alpha value is -0.820. The maximum atomic E-state index is 10.7. The van der Waals surface area contributed by atoms with E-state index in [1.54, 1.807) is 0 Å². The van der Waals surface area contributed by atoms with Gasteiger partial charge in [-0.25, -0.2) is 0 Å². The molecule has 0 heterocycles. The van der Waals surface area contributed by atoms with E-state index in [0.29, 0.717) is 0 Å². The summed E-state index contributed by atoms with van der Waals surface area (Å²) in [5.41, 5.74) is 2.12. The molecule has 1 N–H and O–H groups in total. The molecule has 17 heavy (non-hydrogen) atoms. The zero-order valence-electron chi connectivity index (χ0n) is 11.1. The molecule has 1 heteroatoms. The first-order valence-corrected chi connectivity index (χ1v) is 6.89. The number of benzene rings is 1. The van der Waals surface area contributed by atoms with E-state index in [2.05, 4.69) is 38.1 Å². The van der Waals surface area contributed by atoms with Crippen LogP contribution in [0.15, 0.2) is 24.3 Å². The maximum absolute atomic E-state index is 10.7. The topological polar surface area (TPSA) is 20.2 Å². The van der Waals surface area contributed by atoms with Crippen LogP contribution in [0.25, 0.3) is 0 Å². The fourth-order valence-corrected chi connectivity index (χ4v) is 3.17. The van der Waals surface area contributed by atoms with Gasteiger partial charge in [0.1, 0.15) is 0 Å². The highest BCUT2D eigenvalue weighted by molar-refractivity contribution is 5.23. The van der Waals surface area contributed by atoms with E-state index in [1.165, 1.54) is 30.4 Å². The van der Waals surface area contributed by atoms with E-state index in [4.69, 9.17) is 0 Å². The molecule has 1 aliphatic rings. The van der Waals surface area contributed by atoms with Crippen molar-refractivity contribution < 1.29 is 5.11 Å². The van der Waals surface area contributed by atoms with Crippen molar-refractivity contribution in [3.05, 3.63) is 35.4 Å². The summed E-state index contributed by atoms with van der Waals surface area (Å²) < 4.78 is 0. The minimum absolute atomic E-state index is 0.452. The molecule has 0 radical (unpaired) electrons. The third-order valence-corrected chi connectivity index (χ3v) is 4.12. The summed E-state index contributed by atoms with van der Waals surface area (Å²) in [6, 6.07) is 8.55. The number of aliphatic hydroxyl groups is 1. The van der Waals surface area contributed by atoms with Crippen LogP contribution in [0.5, 0.6) is 0 Å². The molecule has 1 aromatic rings. The summed E-state index contributed by atoms with van der Waals surface area (Å²) in [5.74, 6) is 0.721. The van der Waals surface area contributed by atoms with Crippen molar-refractivity contribution >= 4 is 0 Å². The van der Waals surface area contributed by atoms with Crippen LogP contribution in [0.4, 0.5) is 0 Å². The molecule has 0 aromatic heterocycles. The van der Waals surface area contributed by atoms with Crippen molar-refractivity contribution in [3.8, 4) is 0 Å². The van der Waals surface area contributed by atoms with Gasteiger partial charge in [-0.05, 0) is 31.2 Å². The second-order valence-electron chi connectivity index (χ2n) is 5.76. The van der Waals surface area contributed by atoms with Gasteiger partial charge < -0.3 is 5.11 Å². The van der Waals surface area contributed by atoms with Gasteiger partial charge in [-0.15, -0.1) is 0 Å². The monoisotopic (exact) mass is 232 g/mol. The first-order chi connectivity index (χ1) is 8.11. The van der Waals surface area contributed by atoms with Crippen molar-refractivity contribution in [3.63, 3.8) is 0 Å². The molecule has 0 saturated heterocycles. The molecule has 1 aromatic carbocycles. The molecule has 0 bridgehead atoms. The molecule has 2 rings (SSSR count). The molecule has 1 nitrogen and oxygen atoms in total. The van der Waals surface area contributed by atoms with Crippen LogP contribution in [0.3, 0.4) is 0 Å². The second kappa shape index (κ2) is 5.22. The lowest BCUT2D eigenvalue weighted by atomic mass is 9.74. The average Bonchev–Trinajstić information content (AvgIpc) is 2.28. The van der Waals surface area contributed by atoms with E-state index in [9.17, 15) is 5.11 Å². The van der Waals surface area contributed by atoms with Crippen LogP contribution in [0.1, 0.15) is 50.2 Å². The largest absolute Gasteiger partial charge is 0.390 e. The zero-order valence-corrected chi connectivity index (χ0v) is 11.1. The van der Waals surface area contributed by atoms with Crippen LogP contribution in [-0.4, -0.2) is 10.7 Å². The Morgan fingerprint density at radius 1 is 1.41 bits per heavy atom. The van der Waals surface area contributed by atoms with Gasteiger partial charge in [-0.3, -0.25) is 0 Å². The predicted molar refractivity (Wildman–Crippen MR) is 72.1 cm³/mol. The molecule has 0 spiro atoms. The average molecular weight is 232 g/mol. The first-order valence-electron chi connectivity index (χ1n) is 6.89. The number of hydrogen-bond donors (Lipinski definition) is 1. The highest BCUT2D eigenvalue weighted by Gasteiger charge is 2.33. The highest BCUT2D eigenvalue weighted by atomic mass is 16.3. The third-order valence-electron chi connectivity index (χ3n) is 4.12. The molecule has 2 atom stereocenters. The summed E-state index contributed by atoms with van der Waals surface area (Å²) in [7, 11) is 0. The molecular formula is C16H24O. The number of hydrogen-bond acceptors (Lipinski definition) is 1. The van der Waals surface area contributed by atoms with E-state index in [0.717, 1.165) is 25.2 Å². The molecule has 0 aliphatic heterocycles. The van der Waals surface area contributed by atoms with Gasteiger partial charge in [0.25, 0.3) is 0 Å². The van der Waals surface area contributed by atoms with Crippen LogP contribution >= 0.6 is 0 Å². The molecule has 0 amide bonds. The SMILES string of the molecule is CCC1CCCC(O)(Cc2cccc(C)c2)C1. The normalized spacial score (nSPS) is 29.2. The Morgan fingerprint density at radius 3 is 2.94 bits per heavy atom. The van der Waals surface area contributed by atoms with Gasteiger partial charge in [0, 0.05) is 6.42 Å². The summed E-state index contributed by atoms with van der Waals surface area (Å²) in [6.45, 7) is 4.35. The van der Waals surface area contributed by atoms with Crippen LogP contribution < -0.4 is 0 Å². The fraction of sp³-hybridized carbons (Fsp3) is 0.625. The maximum Gasteiger partial charge on any atom is 0.0690 e. The smallest absolute Gasteiger partial charge is 0.0690 e. The third kappa shape index (κ3) is 3.32. The standard InChI is InChI=1S/C16H24O/c1-3-14-8-5-9-16(17,11-14)12-15-7-4-6-13(2)10-15/h4,6-7,10,14,17H,3,5,8-9,11-12H2,1-2H3. The molecule has 1 fully saturated rings. The lowest BCUT2D eigenvalue weighted by molar-refractivity contribution is -0.0161. The van der Waals surface area contributed by atoms with E-state index in [1.807, 2.05) is 0 Å². The van der Waals surface area contributed by atoms with Crippen LogP contribution in [0, 0.1) is 12.8 Å². The molecule has 1 aliphatic carbocycles. The quantitative estimate of drug-likeness (QED) is 0.838. The number of aryl methyl sites for hydroxylation is 1. The molecule has 2 unspecified atom stereocenters. The summed E-state index contributed by atoms with van der Waals surface area (Å²) >= 11 is 0. The van der Waals surface area contributed by atoms with Gasteiger partial charge in [0.2, 0.25) is 0 Å². The lowest BCUT2D eigenvalue weighted by Crippen LogP contribution is -2.37. The minimum atomic E-state index is -0.452. The van der Waals surface area contributed by atoms with E-state index in [-0.39, 0.29) is 0 Å². The Kier molecular flexibility index (Phi) is 3.88.